The zero-order chi connectivity index (χ0) is 15.2. The summed E-state index contributed by atoms with van der Waals surface area (Å²) < 4.78 is 28.9. The van der Waals surface area contributed by atoms with Gasteiger partial charge in [-0.2, -0.15) is 0 Å². The van der Waals surface area contributed by atoms with Crippen LogP contribution in [0.5, 0.6) is 0 Å². The molecule has 2 N–H and O–H groups in total. The average molecular weight is 304 g/mol. The van der Waals surface area contributed by atoms with E-state index in [0.717, 1.165) is 19.4 Å². The van der Waals surface area contributed by atoms with Gasteiger partial charge in [0.25, 0.3) is 0 Å². The van der Waals surface area contributed by atoms with E-state index in [0.29, 0.717) is 12.4 Å². The Labute approximate surface area is 122 Å². The van der Waals surface area contributed by atoms with Crippen LogP contribution in [0.2, 0.25) is 0 Å². The van der Waals surface area contributed by atoms with Gasteiger partial charge in [0, 0.05) is 30.1 Å². The number of hydrogen-bond acceptors (Lipinski definition) is 5. The van der Waals surface area contributed by atoms with Crippen molar-refractivity contribution < 1.29 is 13.2 Å². The Hall–Kier alpha value is -0.170. The first-order chi connectivity index (χ1) is 9.11. The fourth-order valence-corrected chi connectivity index (χ4v) is 5.28. The molecule has 1 saturated heterocycles. The van der Waals surface area contributed by atoms with E-state index >= 15 is 0 Å². The third kappa shape index (κ3) is 2.75. The van der Waals surface area contributed by atoms with Crippen molar-refractivity contribution in [3.63, 3.8) is 0 Å². The van der Waals surface area contributed by atoms with Crippen LogP contribution in [0.4, 0.5) is 0 Å². The molecule has 0 spiro atoms. The average Bonchev–Trinajstić information content (AvgIpc) is 2.69. The van der Waals surface area contributed by atoms with E-state index in [4.69, 9.17) is 10.5 Å². The molecule has 1 aliphatic carbocycles. The topological polar surface area (TPSA) is 72.6 Å². The maximum absolute atomic E-state index is 11.6. The van der Waals surface area contributed by atoms with Gasteiger partial charge in [-0.05, 0) is 26.8 Å². The zero-order valence-electron chi connectivity index (χ0n) is 13.1. The van der Waals surface area contributed by atoms with E-state index in [-0.39, 0.29) is 28.9 Å². The molecule has 0 amide bonds. The molecule has 1 saturated carbocycles. The van der Waals surface area contributed by atoms with Crippen LogP contribution in [-0.4, -0.2) is 62.7 Å². The second-order valence-corrected chi connectivity index (χ2v) is 9.23. The number of nitrogens with two attached hydrogens (primary N) is 1. The fourth-order valence-electron chi connectivity index (χ4n) is 3.47. The van der Waals surface area contributed by atoms with E-state index in [1.54, 1.807) is 0 Å². The molecule has 2 aliphatic rings. The maximum atomic E-state index is 11.6. The second kappa shape index (κ2) is 5.23. The third-order valence-electron chi connectivity index (χ3n) is 5.37. The van der Waals surface area contributed by atoms with Gasteiger partial charge in [-0.15, -0.1) is 0 Å². The Balaban J connectivity index is 1.97. The van der Waals surface area contributed by atoms with Gasteiger partial charge in [-0.3, -0.25) is 0 Å². The van der Waals surface area contributed by atoms with Crippen LogP contribution in [0.1, 0.15) is 33.6 Å². The van der Waals surface area contributed by atoms with Gasteiger partial charge >= 0.3 is 0 Å². The fraction of sp³-hybridized carbons (Fsp3) is 1.00. The van der Waals surface area contributed by atoms with E-state index in [1.165, 1.54) is 0 Å². The molecule has 0 aromatic carbocycles. The summed E-state index contributed by atoms with van der Waals surface area (Å²) in [4.78, 5) is 2.13. The highest BCUT2D eigenvalue weighted by Gasteiger charge is 2.59. The van der Waals surface area contributed by atoms with Crippen molar-refractivity contribution in [1.29, 1.82) is 0 Å². The molecule has 0 aromatic rings. The normalized spacial score (nSPS) is 38.9. The van der Waals surface area contributed by atoms with Crippen LogP contribution in [-0.2, 0) is 14.6 Å². The second-order valence-electron chi connectivity index (χ2n) is 7.00. The highest BCUT2D eigenvalue weighted by molar-refractivity contribution is 7.91. The molecule has 5 nitrogen and oxygen atoms in total. The van der Waals surface area contributed by atoms with Gasteiger partial charge in [0.2, 0.25) is 0 Å². The first-order valence-corrected chi connectivity index (χ1v) is 9.24. The summed E-state index contributed by atoms with van der Waals surface area (Å²) in [6.07, 6.45) is 1.78. The summed E-state index contributed by atoms with van der Waals surface area (Å²) in [6.45, 7) is 7.73. The smallest absolute Gasteiger partial charge is 0.151 e. The Bertz CT molecular complexity index is 463. The minimum Gasteiger partial charge on any atom is -0.378 e. The van der Waals surface area contributed by atoms with Crippen molar-refractivity contribution in [2.45, 2.75) is 51.3 Å². The van der Waals surface area contributed by atoms with Crippen LogP contribution < -0.4 is 5.73 Å². The van der Waals surface area contributed by atoms with E-state index in [9.17, 15) is 8.42 Å². The number of nitrogens with zero attached hydrogens (tertiary/aromatic N) is 1. The number of ether oxygens (including phenoxy) is 1. The molecule has 20 heavy (non-hydrogen) atoms. The molecule has 2 fully saturated rings. The molecule has 6 heteroatoms. The standard InChI is InChI=1S/C14H28N2O3S/c1-5-19-12-8-14(15,13(12,2)3)10-16(4)11-6-7-20(17,18)9-11/h11-12H,5-10,15H2,1-4H3. The molecule has 0 bridgehead atoms. The van der Waals surface area contributed by atoms with Gasteiger partial charge in [-0.1, -0.05) is 13.8 Å². The number of sulfone groups is 1. The number of likely N-dealkylation sites (N-methyl/N-ethyl adjacent to an activating group) is 1. The molecule has 3 atom stereocenters. The molecule has 0 aromatic heterocycles. The van der Waals surface area contributed by atoms with Crippen LogP contribution >= 0.6 is 0 Å². The van der Waals surface area contributed by atoms with E-state index in [2.05, 4.69) is 18.7 Å². The summed E-state index contributed by atoms with van der Waals surface area (Å²) in [5.41, 5.74) is 6.19. The van der Waals surface area contributed by atoms with Gasteiger partial charge in [0.1, 0.15) is 0 Å². The summed E-state index contributed by atoms with van der Waals surface area (Å²) in [5, 5.41) is 0. The van der Waals surface area contributed by atoms with Gasteiger partial charge in [0.05, 0.1) is 17.6 Å². The van der Waals surface area contributed by atoms with Crippen LogP contribution in [0.25, 0.3) is 0 Å². The lowest BCUT2D eigenvalue weighted by Crippen LogP contribution is -2.73. The van der Waals surface area contributed by atoms with Crippen LogP contribution in [0.15, 0.2) is 0 Å². The molecule has 118 valence electrons. The summed E-state index contributed by atoms with van der Waals surface area (Å²) in [5.74, 6) is 0.583. The molecular formula is C14H28N2O3S. The maximum Gasteiger partial charge on any atom is 0.151 e. The van der Waals surface area contributed by atoms with Crippen molar-refractivity contribution in [3.8, 4) is 0 Å². The molecule has 2 rings (SSSR count). The summed E-state index contributed by atoms with van der Waals surface area (Å²) in [7, 11) is -0.850. The van der Waals surface area contributed by atoms with Crippen molar-refractivity contribution in [2.24, 2.45) is 11.1 Å². The molecule has 0 radical (unpaired) electrons. The molecule has 1 aliphatic heterocycles. The van der Waals surface area contributed by atoms with Gasteiger partial charge < -0.3 is 15.4 Å². The first-order valence-electron chi connectivity index (χ1n) is 7.42. The summed E-state index contributed by atoms with van der Waals surface area (Å²) in [6, 6.07) is 0.113. The Morgan fingerprint density at radius 1 is 1.40 bits per heavy atom. The molecule has 3 unspecified atom stereocenters. The Kier molecular flexibility index (Phi) is 4.24. The van der Waals surface area contributed by atoms with Crippen molar-refractivity contribution >= 4 is 9.84 Å². The van der Waals surface area contributed by atoms with E-state index < -0.39 is 9.84 Å². The summed E-state index contributed by atoms with van der Waals surface area (Å²) >= 11 is 0. The number of hydrogen-bond donors (Lipinski definition) is 1. The third-order valence-corrected chi connectivity index (χ3v) is 7.12. The Morgan fingerprint density at radius 3 is 2.50 bits per heavy atom. The minimum atomic E-state index is -2.84. The predicted octanol–water partition coefficient (Wildman–Crippen LogP) is 0.638. The molecule has 1 heterocycles. The van der Waals surface area contributed by atoms with E-state index in [1.807, 2.05) is 14.0 Å². The lowest BCUT2D eigenvalue weighted by molar-refractivity contribution is -0.156. The SMILES string of the molecule is CCOC1CC(N)(CN(C)C2CCS(=O)(=O)C2)C1(C)C. The Morgan fingerprint density at radius 2 is 2.05 bits per heavy atom. The quantitative estimate of drug-likeness (QED) is 0.807. The van der Waals surface area contributed by atoms with Gasteiger partial charge in [-0.25, -0.2) is 8.42 Å². The largest absolute Gasteiger partial charge is 0.378 e. The first kappa shape index (κ1) is 16.2. The van der Waals surface area contributed by atoms with Crippen molar-refractivity contribution in [3.05, 3.63) is 0 Å². The lowest BCUT2D eigenvalue weighted by atomic mass is 9.54. The van der Waals surface area contributed by atoms with Crippen molar-refractivity contribution in [2.75, 3.05) is 31.7 Å². The van der Waals surface area contributed by atoms with Crippen molar-refractivity contribution in [1.82, 2.24) is 4.90 Å². The van der Waals surface area contributed by atoms with Gasteiger partial charge in [0.15, 0.2) is 9.84 Å². The minimum absolute atomic E-state index is 0.0747. The zero-order valence-corrected chi connectivity index (χ0v) is 13.9. The number of rotatable bonds is 5. The molecular weight excluding hydrogens is 276 g/mol. The highest BCUT2D eigenvalue weighted by Crippen LogP contribution is 2.50. The highest BCUT2D eigenvalue weighted by atomic mass is 32.2. The van der Waals surface area contributed by atoms with Crippen LogP contribution in [0, 0.1) is 5.41 Å². The monoisotopic (exact) mass is 304 g/mol. The lowest BCUT2D eigenvalue weighted by Gasteiger charge is -2.60. The van der Waals surface area contributed by atoms with Crippen LogP contribution in [0.3, 0.4) is 0 Å². The predicted molar refractivity (Wildman–Crippen MR) is 80.4 cm³/mol.